The molecule has 0 spiro atoms. The topological polar surface area (TPSA) is 360 Å². The van der Waals surface area contributed by atoms with E-state index in [4.69, 9.17) is 5.11 Å². The second kappa shape index (κ2) is 38.5. The molecular formula is C88H97ClF6N20O11. The Morgan fingerprint density at radius 1 is 0.452 bits per heavy atom. The van der Waals surface area contributed by atoms with Crippen LogP contribution in [-0.2, 0) is 54.0 Å². The molecule has 0 radical (unpaired) electrons. The lowest BCUT2D eigenvalue weighted by Crippen LogP contribution is -2.54. The van der Waals surface area contributed by atoms with Gasteiger partial charge in [0.1, 0.15) is 30.3 Å². The highest BCUT2D eigenvalue weighted by Crippen LogP contribution is 2.39. The fourth-order valence-electron chi connectivity index (χ4n) is 19.0. The van der Waals surface area contributed by atoms with Crippen molar-refractivity contribution in [3.63, 3.8) is 0 Å². The molecule has 126 heavy (non-hydrogen) atoms. The number of anilines is 2. The first-order valence-corrected chi connectivity index (χ1v) is 43.0. The summed E-state index contributed by atoms with van der Waals surface area (Å²) in [5, 5.41) is 44.7. The molecule has 4 aromatic carbocycles. The van der Waals surface area contributed by atoms with Crippen LogP contribution in [0.4, 0.5) is 37.7 Å². The smallest absolute Gasteiger partial charge is 0.453 e. The molecular weight excluding hydrogens is 1660 g/mol. The summed E-state index contributed by atoms with van der Waals surface area (Å²) in [6.07, 6.45) is 5.17. The maximum atomic E-state index is 13.4. The normalized spacial score (nSPS) is 21.5. The van der Waals surface area contributed by atoms with Gasteiger partial charge in [-0.15, -0.1) is 32.8 Å². The second-order valence-electron chi connectivity index (χ2n) is 33.5. The van der Waals surface area contributed by atoms with Gasteiger partial charge in [-0.1, -0.05) is 60.1 Å². The maximum Gasteiger partial charge on any atom is 0.453 e. The highest BCUT2D eigenvalue weighted by Gasteiger charge is 2.49. The number of aromatic nitrogens is 6. The third-order valence-corrected chi connectivity index (χ3v) is 25.8. The molecule has 0 bridgehead atoms. The van der Waals surface area contributed by atoms with Crippen molar-refractivity contribution in [2.24, 2.45) is 22.0 Å². The van der Waals surface area contributed by atoms with Gasteiger partial charge in [-0.05, 0) is 201 Å². The number of hydrogen-bond acceptors (Lipinski definition) is 23. The van der Waals surface area contributed by atoms with Gasteiger partial charge in [-0.2, -0.15) is 45.9 Å². The third kappa shape index (κ3) is 19.8. The predicted molar refractivity (Wildman–Crippen MR) is 448 cm³/mol. The van der Waals surface area contributed by atoms with Crippen LogP contribution in [0.15, 0.2) is 95.1 Å². The summed E-state index contributed by atoms with van der Waals surface area (Å²) in [4.78, 5) is 136. The highest BCUT2D eigenvalue weighted by molar-refractivity contribution is 6.26. The van der Waals surface area contributed by atoms with Crippen LogP contribution in [0, 0.1) is 35.5 Å². The number of likely N-dealkylation sites (tertiary alicyclic amines) is 5. The fourth-order valence-corrected chi connectivity index (χ4v) is 19.0. The van der Waals surface area contributed by atoms with Gasteiger partial charge in [-0.3, -0.25) is 68.4 Å². The minimum Gasteiger partial charge on any atom is -0.480 e. The Labute approximate surface area is 728 Å². The molecule has 18 rings (SSSR count). The van der Waals surface area contributed by atoms with Crippen molar-refractivity contribution in [2.75, 3.05) is 102 Å². The molecule has 2 unspecified atom stereocenters. The number of carbonyl (C=O) groups excluding carboxylic acids is 9. The Balaban J connectivity index is 0.000000162. The number of carbonyl (C=O) groups is 10. The number of aliphatic carboxylic acids is 1. The second-order valence-corrected chi connectivity index (χ2v) is 33.5. The molecule has 31 nitrogen and oxygen atoms in total. The van der Waals surface area contributed by atoms with Gasteiger partial charge in [0, 0.05) is 124 Å². The molecule has 0 saturated carbocycles. The van der Waals surface area contributed by atoms with E-state index >= 15 is 0 Å². The number of piperidine rings is 8. The third-order valence-electron chi connectivity index (χ3n) is 25.8. The summed E-state index contributed by atoms with van der Waals surface area (Å²) >= 11 is 0. The average molecular weight is 1760 g/mol. The van der Waals surface area contributed by atoms with Crippen molar-refractivity contribution in [1.29, 1.82) is 0 Å². The summed E-state index contributed by atoms with van der Waals surface area (Å²) in [6.45, 7) is 10.3. The quantitative estimate of drug-likeness (QED) is 0.0384. The number of aryl methyl sites for hydroxylation is 2. The van der Waals surface area contributed by atoms with Crippen molar-refractivity contribution in [3.05, 3.63) is 153 Å². The van der Waals surface area contributed by atoms with Crippen LogP contribution < -0.4 is 26.6 Å². The first-order chi connectivity index (χ1) is 60.2. The Morgan fingerprint density at radius 3 is 1.25 bits per heavy atom. The van der Waals surface area contributed by atoms with E-state index in [0.717, 1.165) is 166 Å². The molecule has 12 aliphatic rings. The highest BCUT2D eigenvalue weighted by atomic mass is 35.5. The SMILES string of the molecule is Cl.FC(F)(F)c1nnc2n1N=C(N1CCC(c3ccc(C#CC4CCN(C5CCNCC5)CC4)cc3)CC1)CC2.O=C(O)CNc1cccc2c1C(=O)N(C1CCC(=O)NC1=O)C2=O.O=C1CCC(N2C(=O)c3cccc(NCC(=O)N4CCC(N5CCC(C#Cc6ccc(C7CCN(C8=Nn9c(nnc9C(F)(F)F)CC8)CC7)cc6)CC5)CC4)c3C2=O)C(=O)N1. The number of rotatable bonds is 12. The van der Waals surface area contributed by atoms with Gasteiger partial charge >= 0.3 is 18.3 Å². The van der Waals surface area contributed by atoms with Crippen LogP contribution in [0.2, 0.25) is 0 Å². The number of nitrogens with zero attached hydrogens (tertiary/aromatic N) is 15. The lowest BCUT2D eigenvalue weighted by molar-refractivity contribution is -0.148. The number of amides is 9. The first kappa shape index (κ1) is 88.9. The van der Waals surface area contributed by atoms with E-state index in [9.17, 15) is 74.3 Å². The molecule has 664 valence electrons. The number of imide groups is 4. The molecule has 38 heteroatoms. The van der Waals surface area contributed by atoms with Crippen molar-refractivity contribution in [2.45, 2.75) is 177 Å². The van der Waals surface area contributed by atoms with E-state index in [1.54, 1.807) is 12.1 Å². The number of carboxylic acid groups (broad SMARTS) is 1. The minimum atomic E-state index is -4.61. The van der Waals surface area contributed by atoms with E-state index in [2.05, 4.69) is 149 Å². The van der Waals surface area contributed by atoms with Gasteiger partial charge in [0.2, 0.25) is 29.5 Å². The van der Waals surface area contributed by atoms with Gasteiger partial charge in [0.25, 0.3) is 35.3 Å². The van der Waals surface area contributed by atoms with Crippen LogP contribution >= 0.6 is 12.4 Å². The van der Waals surface area contributed by atoms with Crippen LogP contribution in [0.5, 0.6) is 0 Å². The number of benzene rings is 4. The van der Waals surface area contributed by atoms with E-state index in [-0.39, 0.29) is 90.1 Å². The molecule has 6 aromatic rings. The van der Waals surface area contributed by atoms with Crippen molar-refractivity contribution < 1.29 is 79.4 Å². The van der Waals surface area contributed by atoms with Gasteiger partial charge in [0.05, 0.1) is 28.8 Å². The first-order valence-electron chi connectivity index (χ1n) is 43.0. The zero-order chi connectivity index (χ0) is 87.4. The lowest BCUT2D eigenvalue weighted by atomic mass is 9.88. The number of halogens is 7. The zero-order valence-corrected chi connectivity index (χ0v) is 70.0. The zero-order valence-electron chi connectivity index (χ0n) is 69.2. The molecule has 14 heterocycles. The lowest BCUT2D eigenvalue weighted by Gasteiger charge is -2.41. The summed E-state index contributed by atoms with van der Waals surface area (Å²) in [7, 11) is 0. The number of amidine groups is 2. The minimum absolute atomic E-state index is 0. The van der Waals surface area contributed by atoms with Gasteiger partial charge < -0.3 is 45.6 Å². The molecule has 0 aliphatic carbocycles. The van der Waals surface area contributed by atoms with Gasteiger partial charge in [0.15, 0.2) is 11.6 Å². The summed E-state index contributed by atoms with van der Waals surface area (Å²) in [5.74, 6) is 9.15. The number of alkyl halides is 6. The molecule has 8 fully saturated rings. The Kier molecular flexibility index (Phi) is 27.2. The molecule has 2 aromatic heterocycles. The number of nitrogens with one attached hydrogen (secondary N) is 5. The number of hydrogen-bond donors (Lipinski definition) is 6. The average Bonchev–Trinajstić information content (AvgIpc) is 1.60. The Morgan fingerprint density at radius 2 is 0.857 bits per heavy atom. The molecule has 12 aliphatic heterocycles. The van der Waals surface area contributed by atoms with E-state index in [1.807, 2.05) is 4.90 Å². The van der Waals surface area contributed by atoms with Crippen LogP contribution in [-0.4, -0.2) is 256 Å². The van der Waals surface area contributed by atoms with E-state index < -0.39 is 95.9 Å². The number of fused-ring (bicyclic) bond motifs is 4. The van der Waals surface area contributed by atoms with Crippen LogP contribution in [0.3, 0.4) is 0 Å². The molecule has 2 atom stereocenters. The predicted octanol–water partition coefficient (Wildman–Crippen LogP) is 7.96. The standard InChI is InChI=1S/C44H47F3N10O5.C29H36F3N7.C15H13N3O6.ClH/c45-44(46,47)43-51-50-35-11-12-36(52-57(35)43)54-22-16-30(17-23-54)29-8-6-27(7-9-29)4-5-28-14-20-53(21-15-28)31-18-24-55(25-19-31)38(59)26-48-33-3-1-2-32-39(33)42(62)56(41(32)61)34-10-13-37(58)49-40(34)60;30-29(31,32)28-35-34-26-7-8-27(36-39(26)28)38-19-13-24(14-20-38)23-5-3-21(4-6-23)1-2-22-11-17-37(18-12-22)25-9-15-33-16-10-25;19-10-5-4-9(13(22)17-10)18-14(23)7-2-1-3-8(12(7)15(18)24)16-6-11(20)21;/h1-3,6-9,28,30-31,34,48H,10-26H2,(H,49,58,60);3-6,22,24-25,33H,7-20H2;1-3,9,16H,4-6H2,(H,20,21)(H,17,19,22);1H. The van der Waals surface area contributed by atoms with Crippen LogP contribution in [0.1, 0.15) is 214 Å². The van der Waals surface area contributed by atoms with Crippen LogP contribution in [0.25, 0.3) is 0 Å². The Hall–Kier alpha value is -11.9. The number of carboxylic acids is 1. The molecule has 6 N–H and O–H groups in total. The fraction of sp³-hybridized carbons (Fsp3) is 0.500. The maximum absolute atomic E-state index is 13.4. The van der Waals surface area contributed by atoms with E-state index in [1.165, 1.54) is 48.2 Å². The summed E-state index contributed by atoms with van der Waals surface area (Å²) < 4.78 is 81.6. The largest absolute Gasteiger partial charge is 0.480 e. The molecule has 9 amide bonds. The van der Waals surface area contributed by atoms with Crippen molar-refractivity contribution >= 4 is 94.6 Å². The van der Waals surface area contributed by atoms with Crippen molar-refractivity contribution in [1.82, 2.24) is 80.0 Å². The monoisotopic (exact) mass is 1760 g/mol. The van der Waals surface area contributed by atoms with E-state index in [0.29, 0.717) is 85.8 Å². The summed E-state index contributed by atoms with van der Waals surface area (Å²) in [6, 6.07) is 25.4. The van der Waals surface area contributed by atoms with Gasteiger partial charge in [-0.25, -0.2) is 0 Å². The summed E-state index contributed by atoms with van der Waals surface area (Å²) in [5.41, 5.74) is 5.58. The molecule has 8 saturated heterocycles. The Bertz CT molecular complexity index is 5360. The van der Waals surface area contributed by atoms with Crippen molar-refractivity contribution in [3.8, 4) is 23.7 Å².